The molecule has 4 heterocycles. The molecule has 10 nitrogen and oxygen atoms in total. The minimum atomic E-state index is -1.06. The van der Waals surface area contributed by atoms with E-state index in [-0.39, 0.29) is 28.5 Å². The number of rotatable bonds is 8. The SMILES string of the molecule is COC[C@]12C[C@H]1[C@](C)(c1cc(Nc3ncnc4cc(OCc5ncco5)cnc34)cc(F)c1F)N=C(N)S2. The van der Waals surface area contributed by atoms with Crippen LogP contribution >= 0.6 is 11.8 Å². The second-order valence-electron chi connectivity index (χ2n) is 9.37. The number of nitrogens with two attached hydrogens (primary N) is 1. The normalized spacial score (nSPS) is 24.1. The van der Waals surface area contributed by atoms with Crippen LogP contribution in [0.15, 0.2) is 52.6 Å². The second kappa shape index (κ2) is 9.17. The van der Waals surface area contributed by atoms with Gasteiger partial charge >= 0.3 is 0 Å². The summed E-state index contributed by atoms with van der Waals surface area (Å²) in [6.45, 7) is 2.36. The van der Waals surface area contributed by atoms with Crippen LogP contribution in [0.4, 0.5) is 20.3 Å². The number of aliphatic imine (C=N–C) groups is 1. The van der Waals surface area contributed by atoms with Gasteiger partial charge in [-0.3, -0.25) is 4.99 Å². The van der Waals surface area contributed by atoms with Crippen molar-refractivity contribution in [2.24, 2.45) is 16.6 Å². The van der Waals surface area contributed by atoms with E-state index in [0.29, 0.717) is 40.3 Å². The van der Waals surface area contributed by atoms with Crippen LogP contribution in [0.25, 0.3) is 11.0 Å². The largest absolute Gasteiger partial charge is 0.482 e. The number of oxazole rings is 1. The number of ether oxygens (including phenoxy) is 2. The summed E-state index contributed by atoms with van der Waals surface area (Å²) in [7, 11) is 1.61. The molecule has 3 N–H and O–H groups in total. The second-order valence-corrected chi connectivity index (χ2v) is 10.8. The lowest BCUT2D eigenvalue weighted by atomic mass is 9.85. The maximum atomic E-state index is 15.2. The van der Waals surface area contributed by atoms with Crippen LogP contribution in [0.3, 0.4) is 0 Å². The number of fused-ring (bicyclic) bond motifs is 2. The molecule has 2 aliphatic rings. The molecule has 1 aliphatic carbocycles. The van der Waals surface area contributed by atoms with Gasteiger partial charge in [0.05, 0.1) is 34.8 Å². The Hall–Kier alpha value is -3.84. The number of nitrogens with one attached hydrogen (secondary N) is 1. The van der Waals surface area contributed by atoms with E-state index in [1.807, 2.05) is 0 Å². The number of pyridine rings is 1. The Morgan fingerprint density at radius 3 is 2.87 bits per heavy atom. The molecule has 3 aromatic heterocycles. The van der Waals surface area contributed by atoms with Crippen molar-refractivity contribution < 1.29 is 22.7 Å². The van der Waals surface area contributed by atoms with Gasteiger partial charge in [-0.15, -0.1) is 0 Å². The van der Waals surface area contributed by atoms with Crippen molar-refractivity contribution >= 4 is 39.5 Å². The van der Waals surface area contributed by atoms with Gasteiger partial charge in [0.25, 0.3) is 0 Å². The summed E-state index contributed by atoms with van der Waals surface area (Å²) in [5.74, 6) is -0.835. The number of benzene rings is 1. The Bertz CT molecular complexity index is 1550. The molecule has 3 atom stereocenters. The highest BCUT2D eigenvalue weighted by molar-refractivity contribution is 8.15. The Balaban J connectivity index is 1.31. The van der Waals surface area contributed by atoms with Gasteiger partial charge in [0, 0.05) is 36.4 Å². The molecule has 0 saturated heterocycles. The van der Waals surface area contributed by atoms with E-state index < -0.39 is 17.2 Å². The zero-order valence-electron chi connectivity index (χ0n) is 20.4. The Kier molecular flexibility index (Phi) is 5.91. The number of aromatic nitrogens is 4. The number of methoxy groups -OCH3 is 1. The van der Waals surface area contributed by atoms with Crippen molar-refractivity contribution in [3.8, 4) is 5.75 Å². The van der Waals surface area contributed by atoms with E-state index >= 15 is 4.39 Å². The van der Waals surface area contributed by atoms with Crippen molar-refractivity contribution in [2.45, 2.75) is 30.2 Å². The number of hydrogen-bond donors (Lipinski definition) is 2. The molecule has 0 unspecified atom stereocenters. The first-order chi connectivity index (χ1) is 18.3. The van der Waals surface area contributed by atoms with E-state index in [9.17, 15) is 4.39 Å². The first-order valence-corrected chi connectivity index (χ1v) is 12.5. The van der Waals surface area contributed by atoms with Crippen LogP contribution in [-0.2, 0) is 16.9 Å². The quantitative estimate of drug-likeness (QED) is 0.334. The van der Waals surface area contributed by atoms with Gasteiger partial charge in [-0.1, -0.05) is 11.8 Å². The monoisotopic (exact) mass is 539 g/mol. The summed E-state index contributed by atoms with van der Waals surface area (Å²) in [5, 5.41) is 3.39. The first-order valence-electron chi connectivity index (χ1n) is 11.7. The fourth-order valence-electron chi connectivity index (χ4n) is 5.06. The predicted octanol–water partition coefficient (Wildman–Crippen LogP) is 4.30. The van der Waals surface area contributed by atoms with Gasteiger partial charge in [-0.25, -0.2) is 28.7 Å². The number of halogens is 2. The molecule has 6 rings (SSSR count). The summed E-state index contributed by atoms with van der Waals surface area (Å²) in [6, 6.07) is 4.31. The van der Waals surface area contributed by atoms with Gasteiger partial charge in [-0.2, -0.15) is 0 Å². The van der Waals surface area contributed by atoms with Crippen LogP contribution in [0.1, 0.15) is 24.8 Å². The molecule has 1 saturated carbocycles. The molecule has 4 aromatic rings. The van der Waals surface area contributed by atoms with Crippen molar-refractivity contribution in [3.63, 3.8) is 0 Å². The maximum Gasteiger partial charge on any atom is 0.232 e. The lowest BCUT2D eigenvalue weighted by Gasteiger charge is -2.34. The van der Waals surface area contributed by atoms with Crippen molar-refractivity contribution in [1.29, 1.82) is 0 Å². The van der Waals surface area contributed by atoms with Gasteiger partial charge in [-0.05, 0) is 19.4 Å². The molecule has 13 heteroatoms. The maximum absolute atomic E-state index is 15.2. The minimum Gasteiger partial charge on any atom is -0.482 e. The smallest absolute Gasteiger partial charge is 0.232 e. The van der Waals surface area contributed by atoms with E-state index in [0.717, 1.165) is 12.5 Å². The topological polar surface area (TPSA) is 134 Å². The summed E-state index contributed by atoms with van der Waals surface area (Å²) >= 11 is 1.43. The highest BCUT2D eigenvalue weighted by atomic mass is 32.2. The zero-order chi connectivity index (χ0) is 26.5. The number of thioether (sulfide) groups is 1. The van der Waals surface area contributed by atoms with Crippen molar-refractivity contribution in [1.82, 2.24) is 19.9 Å². The summed E-state index contributed by atoms with van der Waals surface area (Å²) in [4.78, 5) is 21.5. The molecule has 38 heavy (non-hydrogen) atoms. The van der Waals surface area contributed by atoms with Crippen LogP contribution < -0.4 is 15.8 Å². The molecule has 0 radical (unpaired) electrons. The molecule has 0 spiro atoms. The third kappa shape index (κ3) is 4.21. The van der Waals surface area contributed by atoms with E-state index in [4.69, 9.17) is 19.6 Å². The van der Waals surface area contributed by atoms with Gasteiger partial charge in [0.1, 0.15) is 23.9 Å². The average Bonchev–Trinajstić information content (AvgIpc) is 3.36. The zero-order valence-corrected chi connectivity index (χ0v) is 21.3. The van der Waals surface area contributed by atoms with E-state index in [1.165, 1.54) is 36.7 Å². The fourth-order valence-corrected chi connectivity index (χ4v) is 6.51. The third-order valence-electron chi connectivity index (χ3n) is 6.87. The summed E-state index contributed by atoms with van der Waals surface area (Å²) < 4.78 is 46.1. The Morgan fingerprint density at radius 1 is 1.21 bits per heavy atom. The molecule has 1 aromatic carbocycles. The summed E-state index contributed by atoms with van der Waals surface area (Å²) in [5.41, 5.74) is 6.39. The van der Waals surface area contributed by atoms with Crippen LogP contribution in [0.2, 0.25) is 0 Å². The van der Waals surface area contributed by atoms with E-state index in [2.05, 4.69) is 30.2 Å². The number of hydrogen-bond acceptors (Lipinski definition) is 11. The van der Waals surface area contributed by atoms with Gasteiger partial charge in [0.15, 0.2) is 29.2 Å². The summed E-state index contributed by atoms with van der Waals surface area (Å²) in [6.07, 6.45) is 6.57. The molecule has 0 amide bonds. The van der Waals surface area contributed by atoms with Gasteiger partial charge < -0.3 is 24.9 Å². The molecule has 1 aliphatic heterocycles. The van der Waals surface area contributed by atoms with Crippen molar-refractivity contribution in [2.75, 3.05) is 19.0 Å². The molecule has 196 valence electrons. The molecule has 0 bridgehead atoms. The predicted molar refractivity (Wildman–Crippen MR) is 137 cm³/mol. The number of amidine groups is 1. The van der Waals surface area contributed by atoms with E-state index in [1.54, 1.807) is 26.2 Å². The van der Waals surface area contributed by atoms with Crippen LogP contribution in [0.5, 0.6) is 5.75 Å². The number of nitrogens with zero attached hydrogens (tertiary/aromatic N) is 5. The minimum absolute atomic E-state index is 0.0623. The highest BCUT2D eigenvalue weighted by Gasteiger charge is 2.66. The van der Waals surface area contributed by atoms with Gasteiger partial charge in [0.2, 0.25) is 5.89 Å². The lowest BCUT2D eigenvalue weighted by molar-refractivity contribution is 0.184. The standard InChI is InChI=1S/C25H23F2N7O3S/c1-24(18-8-25(18,11-35-2)38-23(28)34-24)15-5-13(6-16(26)20(15)27)33-22-21-17(31-12-32-22)7-14(9-30-21)37-10-19-29-3-4-36-19/h3-7,9,12,18H,8,10-11H2,1-2H3,(H2,28,34)(H,31,32,33)/t18-,24-,25+/m0/s1. The molecule has 1 fully saturated rings. The Morgan fingerprint density at radius 2 is 2.08 bits per heavy atom. The van der Waals surface area contributed by atoms with Crippen LogP contribution in [0, 0.1) is 17.6 Å². The first kappa shape index (κ1) is 24.5. The third-order valence-corrected chi connectivity index (χ3v) is 8.15. The number of anilines is 2. The Labute approximate surface area is 220 Å². The molecular formula is C25H23F2N7O3S. The van der Waals surface area contributed by atoms with Crippen LogP contribution in [-0.4, -0.2) is 43.6 Å². The van der Waals surface area contributed by atoms with Crippen molar-refractivity contribution in [3.05, 3.63) is 66.3 Å². The fraction of sp³-hybridized carbons (Fsp3) is 0.320. The lowest BCUT2D eigenvalue weighted by Crippen LogP contribution is -2.37. The highest BCUT2D eigenvalue weighted by Crippen LogP contribution is 2.66. The average molecular weight is 540 g/mol. The molecular weight excluding hydrogens is 516 g/mol.